The van der Waals surface area contributed by atoms with Gasteiger partial charge in [0.15, 0.2) is 0 Å². The lowest BCUT2D eigenvalue weighted by Gasteiger charge is -2.12. The summed E-state index contributed by atoms with van der Waals surface area (Å²) in [5, 5.41) is 6.48. The summed E-state index contributed by atoms with van der Waals surface area (Å²) in [6.07, 6.45) is 9.97. The molecule has 106 valence electrons. The van der Waals surface area contributed by atoms with Gasteiger partial charge < -0.3 is 15.2 Å². The zero-order chi connectivity index (χ0) is 13.5. The summed E-state index contributed by atoms with van der Waals surface area (Å²) >= 11 is 0. The Morgan fingerprint density at radius 1 is 1.42 bits per heavy atom. The van der Waals surface area contributed by atoms with Crippen molar-refractivity contribution in [2.45, 2.75) is 58.2 Å². The Balaban J connectivity index is 1.73. The van der Waals surface area contributed by atoms with Crippen molar-refractivity contribution in [3.8, 4) is 0 Å². The summed E-state index contributed by atoms with van der Waals surface area (Å²) in [4.78, 5) is 11.9. The zero-order valence-electron chi connectivity index (χ0n) is 11.8. The van der Waals surface area contributed by atoms with Gasteiger partial charge in [-0.1, -0.05) is 19.8 Å². The third-order valence-electron chi connectivity index (χ3n) is 3.61. The molecule has 0 spiro atoms. The van der Waals surface area contributed by atoms with Crippen molar-refractivity contribution < 1.29 is 4.79 Å². The maximum Gasteiger partial charge on any atom is 0.240 e. The first-order valence-electron chi connectivity index (χ1n) is 7.42. The molecule has 1 fully saturated rings. The molecule has 0 bridgehead atoms. The average Bonchev–Trinajstić information content (AvgIpc) is 3.02. The van der Waals surface area contributed by atoms with Crippen LogP contribution in [0.25, 0.3) is 0 Å². The highest BCUT2D eigenvalue weighted by atomic mass is 16.2. The van der Waals surface area contributed by atoms with Crippen LogP contribution in [0.1, 0.15) is 44.6 Å². The van der Waals surface area contributed by atoms with E-state index in [1.807, 2.05) is 10.8 Å². The van der Waals surface area contributed by atoms with Gasteiger partial charge in [-0.25, -0.2) is 0 Å². The summed E-state index contributed by atoms with van der Waals surface area (Å²) in [5.74, 6) is 0.135. The van der Waals surface area contributed by atoms with Crippen LogP contribution in [0.2, 0.25) is 0 Å². The van der Waals surface area contributed by atoms with Crippen molar-refractivity contribution in [1.82, 2.24) is 15.2 Å². The molecule has 4 nitrogen and oxygen atoms in total. The molecule has 0 aliphatic heterocycles. The molecule has 1 aliphatic carbocycles. The van der Waals surface area contributed by atoms with Crippen molar-refractivity contribution in [3.63, 3.8) is 0 Å². The van der Waals surface area contributed by atoms with E-state index >= 15 is 0 Å². The van der Waals surface area contributed by atoms with E-state index in [1.165, 1.54) is 18.4 Å². The van der Waals surface area contributed by atoms with Crippen LogP contribution in [0.4, 0.5) is 0 Å². The number of nitrogens with one attached hydrogen (secondary N) is 2. The lowest BCUT2D eigenvalue weighted by Crippen LogP contribution is -2.34. The molecule has 1 aromatic heterocycles. The normalized spacial score (nSPS) is 15.8. The van der Waals surface area contributed by atoms with Crippen LogP contribution in [-0.4, -0.2) is 23.1 Å². The predicted molar refractivity (Wildman–Crippen MR) is 76.8 cm³/mol. The fraction of sp³-hybridized carbons (Fsp3) is 0.667. The standard InChI is InChI=1S/C15H25N3O/c1-2-8-16-10-13-7-9-18(11-13)12-15(19)17-14-5-3-4-6-14/h7,9,11,14,16H,2-6,8,10,12H2,1H3,(H,17,19). The van der Waals surface area contributed by atoms with E-state index in [0.29, 0.717) is 12.6 Å². The molecule has 0 radical (unpaired) electrons. The molecule has 0 aromatic carbocycles. The Hall–Kier alpha value is -1.29. The van der Waals surface area contributed by atoms with Crippen molar-refractivity contribution in [1.29, 1.82) is 0 Å². The minimum absolute atomic E-state index is 0.135. The molecule has 4 heteroatoms. The Kier molecular flexibility index (Phi) is 5.45. The van der Waals surface area contributed by atoms with Gasteiger partial charge in [0.2, 0.25) is 5.91 Å². The first kappa shape index (κ1) is 14.1. The summed E-state index contributed by atoms with van der Waals surface area (Å²) in [7, 11) is 0. The average molecular weight is 263 g/mol. The Morgan fingerprint density at radius 2 is 2.21 bits per heavy atom. The molecule has 0 unspecified atom stereocenters. The van der Waals surface area contributed by atoms with Crippen LogP contribution in [-0.2, 0) is 17.9 Å². The summed E-state index contributed by atoms with van der Waals surface area (Å²) in [5.41, 5.74) is 1.24. The molecule has 1 heterocycles. The highest BCUT2D eigenvalue weighted by Gasteiger charge is 2.16. The summed E-state index contributed by atoms with van der Waals surface area (Å²) < 4.78 is 1.97. The number of carbonyl (C=O) groups is 1. The van der Waals surface area contributed by atoms with Gasteiger partial charge in [0.05, 0.1) is 0 Å². The van der Waals surface area contributed by atoms with Gasteiger partial charge in [0.25, 0.3) is 0 Å². The molecule has 2 N–H and O–H groups in total. The first-order chi connectivity index (χ1) is 9.28. The van der Waals surface area contributed by atoms with Gasteiger partial charge in [-0.15, -0.1) is 0 Å². The lowest BCUT2D eigenvalue weighted by molar-refractivity contribution is -0.122. The van der Waals surface area contributed by atoms with Crippen LogP contribution in [0.15, 0.2) is 18.5 Å². The van der Waals surface area contributed by atoms with E-state index in [-0.39, 0.29) is 5.91 Å². The Labute approximate surface area is 115 Å². The monoisotopic (exact) mass is 263 g/mol. The number of carbonyl (C=O) groups excluding carboxylic acids is 1. The van der Waals surface area contributed by atoms with Crippen LogP contribution in [0.5, 0.6) is 0 Å². The minimum atomic E-state index is 0.135. The van der Waals surface area contributed by atoms with Gasteiger partial charge in [0.1, 0.15) is 6.54 Å². The van der Waals surface area contributed by atoms with Crippen LogP contribution >= 0.6 is 0 Å². The van der Waals surface area contributed by atoms with Gasteiger partial charge in [-0.05, 0) is 37.4 Å². The second-order valence-corrected chi connectivity index (χ2v) is 5.42. The van der Waals surface area contributed by atoms with Crippen LogP contribution in [0, 0.1) is 0 Å². The van der Waals surface area contributed by atoms with Crippen LogP contribution < -0.4 is 10.6 Å². The number of aromatic nitrogens is 1. The minimum Gasteiger partial charge on any atom is -0.352 e. The fourth-order valence-electron chi connectivity index (χ4n) is 2.61. The third kappa shape index (κ3) is 4.71. The zero-order valence-corrected chi connectivity index (χ0v) is 11.8. The molecule has 19 heavy (non-hydrogen) atoms. The van der Waals surface area contributed by atoms with Gasteiger partial charge in [0, 0.05) is 25.0 Å². The quantitative estimate of drug-likeness (QED) is 0.740. The van der Waals surface area contributed by atoms with Crippen molar-refractivity contribution in [2.24, 2.45) is 0 Å². The summed E-state index contributed by atoms with van der Waals surface area (Å²) in [6, 6.07) is 2.49. The van der Waals surface area contributed by atoms with E-state index in [9.17, 15) is 4.79 Å². The highest BCUT2D eigenvalue weighted by Crippen LogP contribution is 2.17. The van der Waals surface area contributed by atoms with Crippen molar-refractivity contribution >= 4 is 5.91 Å². The second kappa shape index (κ2) is 7.34. The molecule has 0 atom stereocenters. The maximum atomic E-state index is 11.9. The van der Waals surface area contributed by atoms with Crippen LogP contribution in [0.3, 0.4) is 0 Å². The van der Waals surface area contributed by atoms with E-state index in [0.717, 1.165) is 32.4 Å². The third-order valence-corrected chi connectivity index (χ3v) is 3.61. The number of nitrogens with zero attached hydrogens (tertiary/aromatic N) is 1. The molecular weight excluding hydrogens is 238 g/mol. The number of hydrogen-bond donors (Lipinski definition) is 2. The molecule has 1 aromatic rings. The van der Waals surface area contributed by atoms with E-state index < -0.39 is 0 Å². The lowest BCUT2D eigenvalue weighted by atomic mass is 10.2. The molecule has 1 aliphatic rings. The first-order valence-corrected chi connectivity index (χ1v) is 7.42. The number of hydrogen-bond acceptors (Lipinski definition) is 2. The number of amides is 1. The number of rotatable bonds is 7. The maximum absolute atomic E-state index is 11.9. The van der Waals surface area contributed by atoms with E-state index in [4.69, 9.17) is 0 Å². The molecule has 1 amide bonds. The fourth-order valence-corrected chi connectivity index (χ4v) is 2.61. The van der Waals surface area contributed by atoms with Crippen molar-refractivity contribution in [3.05, 3.63) is 24.0 Å². The van der Waals surface area contributed by atoms with Crippen molar-refractivity contribution in [2.75, 3.05) is 6.54 Å². The molecule has 1 saturated carbocycles. The molecule has 2 rings (SSSR count). The van der Waals surface area contributed by atoms with E-state index in [1.54, 1.807) is 0 Å². The predicted octanol–water partition coefficient (Wildman–Crippen LogP) is 2.05. The topological polar surface area (TPSA) is 46.1 Å². The van der Waals surface area contributed by atoms with Gasteiger partial charge >= 0.3 is 0 Å². The molecular formula is C15H25N3O. The Morgan fingerprint density at radius 3 is 2.95 bits per heavy atom. The smallest absolute Gasteiger partial charge is 0.240 e. The highest BCUT2D eigenvalue weighted by molar-refractivity contribution is 5.76. The summed E-state index contributed by atoms with van der Waals surface area (Å²) in [6.45, 7) is 4.51. The molecule has 0 saturated heterocycles. The largest absolute Gasteiger partial charge is 0.352 e. The second-order valence-electron chi connectivity index (χ2n) is 5.42. The Bertz CT molecular complexity index is 394. The van der Waals surface area contributed by atoms with Gasteiger partial charge in [-0.3, -0.25) is 4.79 Å². The van der Waals surface area contributed by atoms with Gasteiger partial charge in [-0.2, -0.15) is 0 Å². The van der Waals surface area contributed by atoms with E-state index in [2.05, 4.69) is 29.8 Å². The SMILES string of the molecule is CCCNCc1ccn(CC(=O)NC2CCCC2)c1.